The van der Waals surface area contributed by atoms with Crippen LogP contribution in [-0.4, -0.2) is 17.4 Å². The van der Waals surface area contributed by atoms with Crippen LogP contribution in [0.5, 0.6) is 0 Å². The topological polar surface area (TPSA) is 44.9 Å². The number of H-pyrrole nitrogens is 1. The molecule has 1 aromatic heterocycles. The van der Waals surface area contributed by atoms with Gasteiger partial charge < -0.3 is 10.3 Å². The molecule has 1 amide bonds. The van der Waals surface area contributed by atoms with Crippen molar-refractivity contribution in [1.82, 2.24) is 10.3 Å². The van der Waals surface area contributed by atoms with E-state index in [2.05, 4.69) is 17.2 Å². The average Bonchev–Trinajstić information content (AvgIpc) is 2.67. The second-order valence-electron chi connectivity index (χ2n) is 4.40. The number of benzene rings is 1. The van der Waals surface area contributed by atoms with Crippen LogP contribution in [0.15, 0.2) is 18.2 Å². The maximum atomic E-state index is 12.2. The molecule has 18 heavy (non-hydrogen) atoms. The third kappa shape index (κ3) is 2.36. The van der Waals surface area contributed by atoms with Crippen molar-refractivity contribution in [1.29, 1.82) is 0 Å². The molecule has 96 valence electrons. The molecule has 0 atom stereocenters. The second-order valence-corrected chi connectivity index (χ2v) is 4.80. The molecular weight excluding hydrogens is 248 g/mol. The summed E-state index contributed by atoms with van der Waals surface area (Å²) in [6.45, 7) is 4.69. The Bertz CT molecular complexity index is 574. The maximum Gasteiger partial charge on any atom is 0.253 e. The fourth-order valence-electron chi connectivity index (χ4n) is 2.09. The van der Waals surface area contributed by atoms with Gasteiger partial charge >= 0.3 is 0 Å². The van der Waals surface area contributed by atoms with Crippen molar-refractivity contribution >= 4 is 28.4 Å². The molecule has 0 bridgehead atoms. The van der Waals surface area contributed by atoms with E-state index in [1.807, 2.05) is 19.1 Å². The number of aryl methyl sites for hydroxylation is 1. The number of aromatic amines is 1. The van der Waals surface area contributed by atoms with Crippen molar-refractivity contribution < 1.29 is 4.79 Å². The van der Waals surface area contributed by atoms with Crippen LogP contribution in [0, 0.1) is 6.92 Å². The molecule has 2 rings (SSSR count). The summed E-state index contributed by atoms with van der Waals surface area (Å²) in [5.74, 6) is -0.0553. The number of nitrogens with one attached hydrogen (secondary N) is 2. The number of rotatable bonds is 4. The summed E-state index contributed by atoms with van der Waals surface area (Å²) in [5, 5.41) is 4.35. The van der Waals surface area contributed by atoms with Gasteiger partial charge in [0, 0.05) is 23.1 Å². The predicted molar refractivity (Wildman–Crippen MR) is 75.3 cm³/mol. The lowest BCUT2D eigenvalue weighted by Crippen LogP contribution is -2.24. The summed E-state index contributed by atoms with van der Waals surface area (Å²) in [7, 11) is 0. The first-order chi connectivity index (χ1) is 8.65. The number of carbonyl (C=O) groups is 1. The van der Waals surface area contributed by atoms with Gasteiger partial charge in [-0.1, -0.05) is 31.0 Å². The van der Waals surface area contributed by atoms with Crippen LogP contribution in [0.25, 0.3) is 10.9 Å². The molecule has 0 aliphatic carbocycles. The predicted octanol–water partition coefficient (Wildman–Crippen LogP) is 3.66. The van der Waals surface area contributed by atoms with Gasteiger partial charge in [0.15, 0.2) is 0 Å². The van der Waals surface area contributed by atoms with Gasteiger partial charge in [0.1, 0.15) is 0 Å². The van der Waals surface area contributed by atoms with Crippen molar-refractivity contribution in [2.24, 2.45) is 0 Å². The highest BCUT2D eigenvalue weighted by Gasteiger charge is 2.17. The van der Waals surface area contributed by atoms with Gasteiger partial charge in [0.25, 0.3) is 5.91 Å². The highest BCUT2D eigenvalue weighted by molar-refractivity contribution is 6.37. The summed E-state index contributed by atoms with van der Waals surface area (Å²) in [4.78, 5) is 15.4. The Hall–Kier alpha value is -1.48. The van der Waals surface area contributed by atoms with Gasteiger partial charge in [-0.15, -0.1) is 0 Å². The quantitative estimate of drug-likeness (QED) is 0.814. The van der Waals surface area contributed by atoms with Crippen LogP contribution in [-0.2, 0) is 0 Å². The Labute approximate surface area is 112 Å². The number of aromatic nitrogens is 1. The van der Waals surface area contributed by atoms with E-state index in [9.17, 15) is 4.79 Å². The number of fused-ring (bicyclic) bond motifs is 1. The van der Waals surface area contributed by atoms with Crippen molar-refractivity contribution in [3.63, 3.8) is 0 Å². The van der Waals surface area contributed by atoms with E-state index in [4.69, 9.17) is 11.6 Å². The molecule has 0 aliphatic heterocycles. The third-order valence-electron chi connectivity index (χ3n) is 3.00. The molecule has 0 fully saturated rings. The molecule has 0 saturated heterocycles. The van der Waals surface area contributed by atoms with Crippen LogP contribution >= 0.6 is 11.6 Å². The van der Waals surface area contributed by atoms with Gasteiger partial charge in [0.2, 0.25) is 0 Å². The molecule has 0 aliphatic rings. The Kier molecular flexibility index (Phi) is 3.92. The minimum Gasteiger partial charge on any atom is -0.358 e. The van der Waals surface area contributed by atoms with Gasteiger partial charge in [-0.05, 0) is 25.5 Å². The molecule has 2 N–H and O–H groups in total. The minimum absolute atomic E-state index is 0.0553. The first-order valence-corrected chi connectivity index (χ1v) is 6.58. The van der Waals surface area contributed by atoms with E-state index in [1.165, 1.54) is 0 Å². The zero-order valence-corrected chi connectivity index (χ0v) is 11.4. The zero-order valence-electron chi connectivity index (χ0n) is 10.6. The molecule has 0 unspecified atom stereocenters. The molecule has 1 heterocycles. The maximum absolute atomic E-state index is 12.2. The lowest BCUT2D eigenvalue weighted by Gasteiger charge is -2.05. The largest absolute Gasteiger partial charge is 0.358 e. The molecule has 2 aromatic rings. The first kappa shape index (κ1) is 13.0. The first-order valence-electron chi connectivity index (χ1n) is 6.20. The van der Waals surface area contributed by atoms with E-state index in [0.29, 0.717) is 17.1 Å². The van der Waals surface area contributed by atoms with Crippen molar-refractivity contribution in [2.75, 3.05) is 6.54 Å². The van der Waals surface area contributed by atoms with Crippen molar-refractivity contribution in [3.05, 3.63) is 34.5 Å². The molecule has 0 radical (unpaired) electrons. The minimum atomic E-state index is -0.0553. The molecule has 1 aromatic carbocycles. The SMILES string of the molecule is CCCCNC(=O)c1c(C)[nH]c2cccc(Cl)c12. The van der Waals surface area contributed by atoms with Gasteiger partial charge in [-0.25, -0.2) is 0 Å². The standard InChI is InChI=1S/C14H17ClN2O/c1-3-4-8-16-14(18)12-9(2)17-11-7-5-6-10(15)13(11)12/h5-7,17H,3-4,8H2,1-2H3,(H,16,18). The number of amides is 1. The number of carbonyl (C=O) groups excluding carboxylic acids is 1. The number of hydrogen-bond acceptors (Lipinski definition) is 1. The lowest BCUT2D eigenvalue weighted by atomic mass is 10.1. The fourth-order valence-corrected chi connectivity index (χ4v) is 2.35. The number of unbranched alkanes of at least 4 members (excludes halogenated alkanes) is 1. The summed E-state index contributed by atoms with van der Waals surface area (Å²) in [6, 6.07) is 5.61. The van der Waals surface area contributed by atoms with E-state index in [0.717, 1.165) is 29.4 Å². The van der Waals surface area contributed by atoms with Gasteiger partial charge in [0.05, 0.1) is 10.6 Å². The normalized spacial score (nSPS) is 10.8. The van der Waals surface area contributed by atoms with E-state index in [-0.39, 0.29) is 5.91 Å². The van der Waals surface area contributed by atoms with Gasteiger partial charge in [-0.3, -0.25) is 4.79 Å². The van der Waals surface area contributed by atoms with E-state index >= 15 is 0 Å². The second kappa shape index (κ2) is 5.44. The zero-order chi connectivity index (χ0) is 13.1. The van der Waals surface area contributed by atoms with Gasteiger partial charge in [-0.2, -0.15) is 0 Å². The Morgan fingerprint density at radius 1 is 1.44 bits per heavy atom. The van der Waals surface area contributed by atoms with E-state index in [1.54, 1.807) is 6.07 Å². The van der Waals surface area contributed by atoms with Crippen molar-refractivity contribution in [2.45, 2.75) is 26.7 Å². The highest BCUT2D eigenvalue weighted by atomic mass is 35.5. The Balaban J connectivity index is 2.37. The lowest BCUT2D eigenvalue weighted by molar-refractivity contribution is 0.0954. The highest BCUT2D eigenvalue weighted by Crippen LogP contribution is 2.28. The molecule has 0 saturated carbocycles. The van der Waals surface area contributed by atoms with Crippen LogP contribution < -0.4 is 5.32 Å². The molecule has 3 nitrogen and oxygen atoms in total. The molecule has 0 spiro atoms. The fraction of sp³-hybridized carbons (Fsp3) is 0.357. The molecule has 4 heteroatoms. The monoisotopic (exact) mass is 264 g/mol. The van der Waals surface area contributed by atoms with Crippen LogP contribution in [0.1, 0.15) is 35.8 Å². The Morgan fingerprint density at radius 3 is 2.94 bits per heavy atom. The van der Waals surface area contributed by atoms with Crippen molar-refractivity contribution in [3.8, 4) is 0 Å². The third-order valence-corrected chi connectivity index (χ3v) is 3.32. The summed E-state index contributed by atoms with van der Waals surface area (Å²) >= 11 is 6.18. The average molecular weight is 265 g/mol. The number of halogens is 1. The van der Waals surface area contributed by atoms with Crippen LogP contribution in [0.4, 0.5) is 0 Å². The van der Waals surface area contributed by atoms with Crippen LogP contribution in [0.3, 0.4) is 0 Å². The summed E-state index contributed by atoms with van der Waals surface area (Å²) in [5.41, 5.74) is 2.42. The number of hydrogen-bond donors (Lipinski definition) is 2. The molecular formula is C14H17ClN2O. The smallest absolute Gasteiger partial charge is 0.253 e. The summed E-state index contributed by atoms with van der Waals surface area (Å²) in [6.07, 6.45) is 2.05. The summed E-state index contributed by atoms with van der Waals surface area (Å²) < 4.78 is 0. The Morgan fingerprint density at radius 2 is 2.22 bits per heavy atom. The van der Waals surface area contributed by atoms with E-state index < -0.39 is 0 Å². The van der Waals surface area contributed by atoms with Crippen LogP contribution in [0.2, 0.25) is 5.02 Å².